The second-order valence-electron chi connectivity index (χ2n) is 8.35. The number of carbonyl (C=O) groups excluding carboxylic acids is 2. The number of nitrogens with one attached hydrogen (secondary N) is 2. The minimum atomic E-state index is -3.73. The third kappa shape index (κ3) is 6.32. The molecule has 186 valence electrons. The topological polar surface area (TPSA) is 98.8 Å². The largest absolute Gasteiger partial charge is 0.376 e. The molecule has 0 saturated heterocycles. The molecule has 0 aromatic heterocycles. The fourth-order valence-corrected chi connectivity index (χ4v) is 4.93. The van der Waals surface area contributed by atoms with Crippen molar-refractivity contribution in [2.75, 3.05) is 37.4 Å². The van der Waals surface area contributed by atoms with E-state index in [9.17, 15) is 22.4 Å². The van der Waals surface area contributed by atoms with Crippen LogP contribution in [0.2, 0.25) is 0 Å². The molecule has 0 radical (unpaired) electrons. The smallest absolute Gasteiger partial charge is 0.251 e. The first-order chi connectivity index (χ1) is 15.9. The average molecular weight is 493 g/mol. The van der Waals surface area contributed by atoms with Gasteiger partial charge in [0.25, 0.3) is 5.91 Å². The first-order valence-corrected chi connectivity index (χ1v) is 12.5. The molecule has 2 amide bonds. The molecule has 10 heteroatoms. The molecule has 0 bridgehead atoms. The van der Waals surface area contributed by atoms with Crippen LogP contribution in [0.5, 0.6) is 0 Å². The highest BCUT2D eigenvalue weighted by atomic mass is 32.2. The monoisotopic (exact) mass is 492 g/mol. The predicted octanol–water partition coefficient (Wildman–Crippen LogP) is 3.32. The van der Waals surface area contributed by atoms with Gasteiger partial charge in [-0.25, -0.2) is 12.8 Å². The number of rotatable bonds is 10. The molecule has 0 unspecified atom stereocenters. The van der Waals surface area contributed by atoms with E-state index in [0.717, 1.165) is 0 Å². The van der Waals surface area contributed by atoms with Gasteiger partial charge in [-0.05, 0) is 48.4 Å². The Morgan fingerprint density at radius 1 is 1.00 bits per heavy atom. The van der Waals surface area contributed by atoms with Crippen LogP contribution in [-0.2, 0) is 14.8 Å². The standard InChI is InChI=1S/C24H33FN4O4S/c1-7-29(8-2)34(32,33)19-13-14-21(28(5)6)20(15-19)26-24(31)22(16(3)4)27-23(30)17-9-11-18(25)12-10-17/h9-16,22H,7-8H2,1-6H3,(H,26,31)(H,27,30)/t22-/m0/s1. The lowest BCUT2D eigenvalue weighted by atomic mass is 10.0. The van der Waals surface area contributed by atoms with Crippen LogP contribution < -0.4 is 15.5 Å². The van der Waals surface area contributed by atoms with Gasteiger partial charge in [0.1, 0.15) is 11.9 Å². The lowest BCUT2D eigenvalue weighted by Crippen LogP contribution is -2.47. The van der Waals surface area contributed by atoms with Crippen LogP contribution in [0.4, 0.5) is 15.8 Å². The summed E-state index contributed by atoms with van der Waals surface area (Å²) in [5.74, 6) is -1.74. The number of carbonyl (C=O) groups is 2. The van der Waals surface area contributed by atoms with Crippen molar-refractivity contribution >= 4 is 33.2 Å². The van der Waals surface area contributed by atoms with Gasteiger partial charge in [-0.2, -0.15) is 4.31 Å². The summed E-state index contributed by atoms with van der Waals surface area (Å²) in [7, 11) is -0.179. The zero-order valence-corrected chi connectivity index (χ0v) is 21.2. The lowest BCUT2D eigenvalue weighted by molar-refractivity contribution is -0.118. The molecular formula is C24H33FN4O4S. The summed E-state index contributed by atoms with van der Waals surface area (Å²) in [6, 6.07) is 8.69. The van der Waals surface area contributed by atoms with Crippen molar-refractivity contribution < 1.29 is 22.4 Å². The Morgan fingerprint density at radius 3 is 2.09 bits per heavy atom. The normalized spacial score (nSPS) is 12.5. The van der Waals surface area contributed by atoms with Gasteiger partial charge in [-0.1, -0.05) is 27.7 Å². The molecular weight excluding hydrogens is 459 g/mol. The minimum Gasteiger partial charge on any atom is -0.376 e. The van der Waals surface area contributed by atoms with Crippen LogP contribution in [0, 0.1) is 11.7 Å². The Hall–Kier alpha value is -2.98. The first kappa shape index (κ1) is 27.3. The quantitative estimate of drug-likeness (QED) is 0.530. The maximum Gasteiger partial charge on any atom is 0.251 e. The summed E-state index contributed by atoms with van der Waals surface area (Å²) < 4.78 is 40.5. The minimum absolute atomic E-state index is 0.0635. The molecule has 0 heterocycles. The SMILES string of the molecule is CCN(CC)S(=O)(=O)c1ccc(N(C)C)c(NC(=O)[C@@H](NC(=O)c2ccc(F)cc2)C(C)C)c1. The zero-order valence-electron chi connectivity index (χ0n) is 20.4. The van der Waals surface area contributed by atoms with Crippen molar-refractivity contribution in [2.24, 2.45) is 5.92 Å². The summed E-state index contributed by atoms with van der Waals surface area (Å²) in [4.78, 5) is 27.6. The van der Waals surface area contributed by atoms with Gasteiger partial charge in [-0.3, -0.25) is 9.59 Å². The molecule has 2 N–H and O–H groups in total. The van der Waals surface area contributed by atoms with Crippen molar-refractivity contribution in [3.63, 3.8) is 0 Å². The number of hydrogen-bond donors (Lipinski definition) is 2. The van der Waals surface area contributed by atoms with Gasteiger partial charge >= 0.3 is 0 Å². The van der Waals surface area contributed by atoms with E-state index < -0.39 is 33.7 Å². The first-order valence-electron chi connectivity index (χ1n) is 11.1. The number of anilines is 2. The van der Waals surface area contributed by atoms with E-state index in [1.54, 1.807) is 52.8 Å². The second kappa shape index (κ2) is 11.4. The van der Waals surface area contributed by atoms with Crippen molar-refractivity contribution in [2.45, 2.75) is 38.6 Å². The highest BCUT2D eigenvalue weighted by Crippen LogP contribution is 2.29. The number of nitrogens with zero attached hydrogens (tertiary/aromatic N) is 2. The molecule has 2 aromatic rings. The Kier molecular flexibility index (Phi) is 9.17. The average Bonchev–Trinajstić information content (AvgIpc) is 2.77. The van der Waals surface area contributed by atoms with E-state index in [1.807, 2.05) is 0 Å². The van der Waals surface area contributed by atoms with Crippen LogP contribution >= 0.6 is 0 Å². The molecule has 0 saturated carbocycles. The second-order valence-corrected chi connectivity index (χ2v) is 10.3. The molecule has 1 atom stereocenters. The van der Waals surface area contributed by atoms with Gasteiger partial charge in [0, 0.05) is 32.7 Å². The molecule has 8 nitrogen and oxygen atoms in total. The highest BCUT2D eigenvalue weighted by molar-refractivity contribution is 7.89. The van der Waals surface area contributed by atoms with Crippen LogP contribution in [0.25, 0.3) is 0 Å². The van der Waals surface area contributed by atoms with Gasteiger partial charge in [0.15, 0.2) is 0 Å². The maximum absolute atomic E-state index is 13.2. The predicted molar refractivity (Wildman–Crippen MR) is 132 cm³/mol. The number of halogens is 1. The summed E-state index contributed by atoms with van der Waals surface area (Å²) in [6.45, 7) is 7.72. The molecule has 0 spiro atoms. The number of amides is 2. The summed E-state index contributed by atoms with van der Waals surface area (Å²) in [6.07, 6.45) is 0. The Bertz CT molecular complexity index is 1110. The zero-order chi connectivity index (χ0) is 25.6. The molecule has 2 aromatic carbocycles. The third-order valence-corrected chi connectivity index (χ3v) is 7.44. The molecule has 0 aliphatic carbocycles. The van der Waals surface area contributed by atoms with Crippen LogP contribution in [0.3, 0.4) is 0 Å². The molecule has 0 aliphatic rings. The van der Waals surface area contributed by atoms with E-state index in [1.165, 1.54) is 40.7 Å². The Morgan fingerprint density at radius 2 is 1.59 bits per heavy atom. The van der Waals surface area contributed by atoms with E-state index >= 15 is 0 Å². The summed E-state index contributed by atoms with van der Waals surface area (Å²) in [5, 5.41) is 5.48. The van der Waals surface area contributed by atoms with Crippen molar-refractivity contribution in [1.29, 1.82) is 0 Å². The van der Waals surface area contributed by atoms with Crippen molar-refractivity contribution in [3.05, 3.63) is 53.8 Å². The van der Waals surface area contributed by atoms with Gasteiger partial charge in [-0.15, -0.1) is 0 Å². The fraction of sp³-hybridized carbons (Fsp3) is 0.417. The molecule has 34 heavy (non-hydrogen) atoms. The Balaban J connectivity index is 2.37. The van der Waals surface area contributed by atoms with Crippen LogP contribution in [0.15, 0.2) is 47.4 Å². The van der Waals surface area contributed by atoms with E-state index in [-0.39, 0.29) is 16.4 Å². The maximum atomic E-state index is 13.2. The summed E-state index contributed by atoms with van der Waals surface area (Å²) >= 11 is 0. The number of sulfonamides is 1. The van der Waals surface area contributed by atoms with Gasteiger partial charge < -0.3 is 15.5 Å². The lowest BCUT2D eigenvalue weighted by Gasteiger charge is -2.25. The summed E-state index contributed by atoms with van der Waals surface area (Å²) in [5.41, 5.74) is 1.14. The van der Waals surface area contributed by atoms with Crippen LogP contribution in [-0.4, -0.2) is 57.8 Å². The van der Waals surface area contributed by atoms with Crippen LogP contribution in [0.1, 0.15) is 38.1 Å². The van der Waals surface area contributed by atoms with Crippen molar-refractivity contribution in [3.8, 4) is 0 Å². The fourth-order valence-electron chi connectivity index (χ4n) is 3.45. The number of hydrogen-bond acceptors (Lipinski definition) is 5. The molecule has 0 fully saturated rings. The van der Waals surface area contributed by atoms with E-state index in [4.69, 9.17) is 0 Å². The number of benzene rings is 2. The van der Waals surface area contributed by atoms with Gasteiger partial charge in [0.2, 0.25) is 15.9 Å². The highest BCUT2D eigenvalue weighted by Gasteiger charge is 2.27. The van der Waals surface area contributed by atoms with Gasteiger partial charge in [0.05, 0.1) is 16.3 Å². The molecule has 2 rings (SSSR count). The van der Waals surface area contributed by atoms with Crippen molar-refractivity contribution in [1.82, 2.24) is 9.62 Å². The third-order valence-electron chi connectivity index (χ3n) is 5.39. The Labute approximate surface area is 201 Å². The molecule has 0 aliphatic heterocycles. The van der Waals surface area contributed by atoms with E-state index in [2.05, 4.69) is 10.6 Å². The van der Waals surface area contributed by atoms with E-state index in [0.29, 0.717) is 24.5 Å².